The van der Waals surface area contributed by atoms with Gasteiger partial charge in [0, 0.05) is 19.8 Å². The second-order valence-electron chi connectivity index (χ2n) is 6.98. The number of methoxy groups -OCH3 is 2. The lowest BCUT2D eigenvalue weighted by Crippen LogP contribution is -2.51. The number of hydrogen-bond donors (Lipinski definition) is 1. The number of rotatable bonds is 10. The van der Waals surface area contributed by atoms with E-state index in [0.29, 0.717) is 5.57 Å². The smallest absolute Gasteiger partial charge is 0.432 e. The molecule has 0 bridgehead atoms. The largest absolute Gasteiger partial charge is 0.473 e. The van der Waals surface area contributed by atoms with E-state index in [-0.39, 0.29) is 18.8 Å². The van der Waals surface area contributed by atoms with Crippen molar-refractivity contribution in [2.24, 2.45) is 5.41 Å². The van der Waals surface area contributed by atoms with Crippen LogP contribution in [-0.2, 0) is 24.3 Å². The zero-order valence-electron chi connectivity index (χ0n) is 16.6. The number of hydrogen-bond acceptors (Lipinski definition) is 5. The molecule has 0 aliphatic carbocycles. The second kappa shape index (κ2) is 10.0. The summed E-state index contributed by atoms with van der Waals surface area (Å²) < 4.78 is 112. The summed E-state index contributed by atoms with van der Waals surface area (Å²) in [6, 6.07) is 0. The van der Waals surface area contributed by atoms with E-state index in [1.807, 2.05) is 0 Å². The quantitative estimate of drug-likeness (QED) is 0.232. The van der Waals surface area contributed by atoms with E-state index in [4.69, 9.17) is 14.0 Å². The molecule has 0 saturated carbocycles. The summed E-state index contributed by atoms with van der Waals surface area (Å²) in [5.74, 6) is -0.759. The summed E-state index contributed by atoms with van der Waals surface area (Å²) in [6.07, 6.45) is -7.84. The molecule has 0 aromatic carbocycles. The minimum atomic E-state index is -6.44. The summed E-state index contributed by atoms with van der Waals surface area (Å²) >= 11 is 0. The molecular formula is C17H25F5O6S. The van der Waals surface area contributed by atoms with Crippen LogP contribution in [0, 0.1) is 5.41 Å². The maximum absolute atomic E-state index is 13.9. The number of ether oxygens (including phenoxy) is 3. The average molecular weight is 452 g/mol. The highest BCUT2D eigenvalue weighted by molar-refractivity contribution is 7.86. The fourth-order valence-electron chi connectivity index (χ4n) is 1.77. The molecule has 170 valence electrons. The molecule has 0 aliphatic heterocycles. The van der Waals surface area contributed by atoms with E-state index in [1.165, 1.54) is 20.3 Å². The van der Waals surface area contributed by atoms with Crippen LogP contribution in [0.5, 0.6) is 0 Å². The van der Waals surface area contributed by atoms with Crippen molar-refractivity contribution in [1.82, 2.24) is 0 Å². The zero-order valence-corrected chi connectivity index (χ0v) is 17.5. The van der Waals surface area contributed by atoms with Crippen LogP contribution < -0.4 is 0 Å². The third kappa shape index (κ3) is 8.03. The Hall–Kier alpha value is -1.50. The highest BCUT2D eigenvalue weighted by Gasteiger charge is 2.65. The second-order valence-corrected chi connectivity index (χ2v) is 8.47. The van der Waals surface area contributed by atoms with Crippen LogP contribution in [0.2, 0.25) is 0 Å². The summed E-state index contributed by atoms with van der Waals surface area (Å²) in [6.45, 7) is 8.31. The Morgan fingerprint density at radius 1 is 1.10 bits per heavy atom. The van der Waals surface area contributed by atoms with Gasteiger partial charge in [0.15, 0.2) is 0 Å². The molecule has 0 fully saturated rings. The normalized spacial score (nSPS) is 16.0. The van der Waals surface area contributed by atoms with E-state index in [2.05, 4.69) is 11.3 Å². The van der Waals surface area contributed by atoms with Gasteiger partial charge in [0.1, 0.15) is 5.76 Å². The van der Waals surface area contributed by atoms with Crippen LogP contribution in [0.15, 0.2) is 35.6 Å². The molecular weight excluding hydrogens is 427 g/mol. The van der Waals surface area contributed by atoms with Gasteiger partial charge in [-0.15, -0.1) is 0 Å². The van der Waals surface area contributed by atoms with E-state index < -0.39 is 38.8 Å². The molecule has 0 amide bonds. The highest BCUT2D eigenvalue weighted by Crippen LogP contribution is 2.40. The van der Waals surface area contributed by atoms with Gasteiger partial charge in [0.25, 0.3) is 6.10 Å². The van der Waals surface area contributed by atoms with Crippen molar-refractivity contribution >= 4 is 10.1 Å². The van der Waals surface area contributed by atoms with Crippen LogP contribution in [0.25, 0.3) is 0 Å². The maximum Gasteiger partial charge on any atom is 0.432 e. The number of allylic oxidation sites excluding steroid dienone is 2. The van der Waals surface area contributed by atoms with E-state index >= 15 is 0 Å². The van der Waals surface area contributed by atoms with Crippen molar-refractivity contribution in [1.29, 1.82) is 0 Å². The van der Waals surface area contributed by atoms with Gasteiger partial charge in [0.2, 0.25) is 0 Å². The van der Waals surface area contributed by atoms with Crippen LogP contribution in [-0.4, -0.2) is 57.9 Å². The molecule has 0 aromatic rings. The first-order valence-electron chi connectivity index (χ1n) is 8.06. The Morgan fingerprint density at radius 2 is 1.62 bits per heavy atom. The summed E-state index contributed by atoms with van der Waals surface area (Å²) in [5, 5.41) is -5.67. The first-order chi connectivity index (χ1) is 12.9. The van der Waals surface area contributed by atoms with Crippen molar-refractivity contribution in [3.05, 3.63) is 35.6 Å². The molecule has 0 saturated heterocycles. The molecule has 0 radical (unpaired) electrons. The summed E-state index contributed by atoms with van der Waals surface area (Å²) in [4.78, 5) is 0. The standard InChI is InChI=1S/C17H25F5O6S/c1-11(15(2,3)4)9-12(10-27-6)13(7-8-26-5)28-14(16(18,19)20)17(21,22)29(23,24)25/h7,9,14H,1,8,10H2,2-6H3,(H,23,24,25). The van der Waals surface area contributed by atoms with Gasteiger partial charge in [-0.25, -0.2) is 0 Å². The fourth-order valence-corrected chi connectivity index (χ4v) is 2.22. The van der Waals surface area contributed by atoms with Crippen molar-refractivity contribution in [3.8, 4) is 0 Å². The lowest BCUT2D eigenvalue weighted by Gasteiger charge is -2.29. The SMILES string of the molecule is C=C(C=C(COC)C(=CCOC)OC(C(F)(F)F)C(F)(F)S(=O)(=O)O)C(C)(C)C. The number of halogens is 5. The minimum Gasteiger partial charge on any atom is -0.473 e. The monoisotopic (exact) mass is 452 g/mol. The summed E-state index contributed by atoms with van der Waals surface area (Å²) in [7, 11) is -4.05. The first kappa shape index (κ1) is 27.5. The van der Waals surface area contributed by atoms with Crippen LogP contribution in [0.1, 0.15) is 20.8 Å². The van der Waals surface area contributed by atoms with Gasteiger partial charge in [-0.2, -0.15) is 30.4 Å². The van der Waals surface area contributed by atoms with E-state index in [9.17, 15) is 30.4 Å². The van der Waals surface area contributed by atoms with Crippen LogP contribution >= 0.6 is 0 Å². The average Bonchev–Trinajstić information content (AvgIpc) is 2.51. The van der Waals surface area contributed by atoms with Crippen molar-refractivity contribution in [3.63, 3.8) is 0 Å². The molecule has 12 heteroatoms. The highest BCUT2D eigenvalue weighted by atomic mass is 32.2. The molecule has 0 rings (SSSR count). The number of alkyl halides is 5. The lowest BCUT2D eigenvalue weighted by atomic mass is 9.86. The predicted molar refractivity (Wildman–Crippen MR) is 95.9 cm³/mol. The third-order valence-electron chi connectivity index (χ3n) is 3.55. The Morgan fingerprint density at radius 3 is 1.97 bits per heavy atom. The molecule has 0 aromatic heterocycles. The molecule has 6 nitrogen and oxygen atoms in total. The Labute approximate surface area is 166 Å². The zero-order chi connectivity index (χ0) is 23.3. The Balaban J connectivity index is 6.45. The van der Waals surface area contributed by atoms with Gasteiger partial charge >= 0.3 is 21.5 Å². The van der Waals surface area contributed by atoms with Gasteiger partial charge in [0.05, 0.1) is 13.2 Å². The van der Waals surface area contributed by atoms with Gasteiger partial charge in [-0.1, -0.05) is 27.4 Å². The van der Waals surface area contributed by atoms with Crippen molar-refractivity contribution < 1.29 is 49.1 Å². The van der Waals surface area contributed by atoms with Crippen LogP contribution in [0.4, 0.5) is 22.0 Å². The molecule has 0 heterocycles. The van der Waals surface area contributed by atoms with Gasteiger partial charge < -0.3 is 14.2 Å². The lowest BCUT2D eigenvalue weighted by molar-refractivity contribution is -0.253. The Bertz CT molecular complexity index is 732. The molecule has 0 spiro atoms. The predicted octanol–water partition coefficient (Wildman–Crippen LogP) is 4.12. The van der Waals surface area contributed by atoms with Crippen molar-refractivity contribution in [2.75, 3.05) is 27.4 Å². The third-order valence-corrected chi connectivity index (χ3v) is 4.46. The fraction of sp³-hybridized carbons (Fsp3) is 0.647. The summed E-state index contributed by atoms with van der Waals surface area (Å²) in [5.41, 5.74) is -0.251. The van der Waals surface area contributed by atoms with Crippen LogP contribution in [0.3, 0.4) is 0 Å². The first-order valence-corrected chi connectivity index (χ1v) is 9.50. The molecule has 1 N–H and O–H groups in total. The molecule has 1 atom stereocenters. The maximum atomic E-state index is 13.9. The molecule has 1 unspecified atom stereocenters. The van der Waals surface area contributed by atoms with Crippen molar-refractivity contribution in [2.45, 2.75) is 38.3 Å². The van der Waals surface area contributed by atoms with Gasteiger partial charge in [-0.05, 0) is 23.1 Å². The molecule has 29 heavy (non-hydrogen) atoms. The van der Waals surface area contributed by atoms with E-state index in [0.717, 1.165) is 6.08 Å². The molecule has 0 aliphatic rings. The topological polar surface area (TPSA) is 82.1 Å². The minimum absolute atomic E-state index is 0.120. The van der Waals surface area contributed by atoms with Gasteiger partial charge in [-0.3, -0.25) is 4.55 Å². The Kier molecular flexibility index (Phi) is 9.49. The van der Waals surface area contributed by atoms with E-state index in [1.54, 1.807) is 20.8 Å².